The lowest BCUT2D eigenvalue weighted by Gasteiger charge is -2.16. The van der Waals surface area contributed by atoms with Gasteiger partial charge in [0.15, 0.2) is 5.82 Å². The highest BCUT2D eigenvalue weighted by Gasteiger charge is 2.32. The number of fused-ring (bicyclic) bond motifs is 1. The molecule has 1 amide bonds. The van der Waals surface area contributed by atoms with Crippen molar-refractivity contribution in [1.29, 1.82) is 0 Å². The normalized spacial score (nSPS) is 17.1. The van der Waals surface area contributed by atoms with E-state index in [4.69, 9.17) is 5.10 Å². The van der Waals surface area contributed by atoms with E-state index in [1.54, 1.807) is 11.8 Å². The summed E-state index contributed by atoms with van der Waals surface area (Å²) in [4.78, 5) is 12.0. The van der Waals surface area contributed by atoms with E-state index in [0.29, 0.717) is 11.6 Å². The third kappa shape index (κ3) is 2.64. The fraction of sp³-hybridized carbons (Fsp3) is 0.278. The van der Waals surface area contributed by atoms with Gasteiger partial charge < -0.3 is 5.32 Å². The van der Waals surface area contributed by atoms with E-state index >= 15 is 0 Å². The Bertz CT molecular complexity index is 944. The Kier molecular flexibility index (Phi) is 3.88. The van der Waals surface area contributed by atoms with Gasteiger partial charge in [0.05, 0.1) is 22.4 Å². The van der Waals surface area contributed by atoms with Crippen LogP contribution in [0.15, 0.2) is 30.3 Å². The molecule has 0 fully saturated rings. The summed E-state index contributed by atoms with van der Waals surface area (Å²) in [5.74, 6) is 1.00. The molecule has 2 N–H and O–H groups in total. The van der Waals surface area contributed by atoms with E-state index in [1.165, 1.54) is 0 Å². The predicted octanol–water partition coefficient (Wildman–Crippen LogP) is 3.30. The molecule has 0 saturated carbocycles. The summed E-state index contributed by atoms with van der Waals surface area (Å²) in [5.41, 5.74) is 6.25. The number of anilines is 1. The monoisotopic (exact) mass is 353 g/mol. The lowest BCUT2D eigenvalue weighted by molar-refractivity contribution is -0.113. The zero-order valence-corrected chi connectivity index (χ0v) is 15.1. The van der Waals surface area contributed by atoms with Gasteiger partial charge >= 0.3 is 0 Å². The van der Waals surface area contributed by atoms with Crippen LogP contribution in [0.1, 0.15) is 33.5 Å². The van der Waals surface area contributed by atoms with Gasteiger partial charge in [-0.25, -0.2) is 4.68 Å². The minimum absolute atomic E-state index is 0.0187. The highest BCUT2D eigenvalue weighted by atomic mass is 32.2. The molecular weight excluding hydrogens is 334 g/mol. The number of amides is 1. The number of carbonyl (C=O) groups excluding carboxylic acids is 1. The Morgan fingerprint density at radius 1 is 1.16 bits per heavy atom. The number of hydrogen-bond donors (Lipinski definition) is 2. The number of nitrogens with one attached hydrogen (secondary N) is 2. The van der Waals surface area contributed by atoms with E-state index in [-0.39, 0.29) is 11.2 Å². The topological polar surface area (TPSA) is 75.6 Å². The van der Waals surface area contributed by atoms with Crippen LogP contribution >= 0.6 is 11.8 Å². The molecule has 0 unspecified atom stereocenters. The molecule has 128 valence electrons. The number of carbonyl (C=O) groups is 1. The molecule has 6 nitrogen and oxygen atoms in total. The predicted molar refractivity (Wildman–Crippen MR) is 99.3 cm³/mol. The van der Waals surface area contributed by atoms with Crippen LogP contribution in [0.2, 0.25) is 0 Å². The van der Waals surface area contributed by atoms with Crippen LogP contribution in [0.4, 0.5) is 5.82 Å². The lowest BCUT2D eigenvalue weighted by atomic mass is 10.0. The zero-order valence-electron chi connectivity index (χ0n) is 14.3. The molecule has 3 heterocycles. The van der Waals surface area contributed by atoms with Crippen LogP contribution < -0.4 is 5.32 Å². The van der Waals surface area contributed by atoms with Gasteiger partial charge in [0.25, 0.3) is 0 Å². The Balaban J connectivity index is 1.87. The van der Waals surface area contributed by atoms with Crippen molar-refractivity contribution in [3.8, 4) is 5.69 Å². The van der Waals surface area contributed by atoms with E-state index in [9.17, 15) is 4.79 Å². The molecule has 0 spiro atoms. The van der Waals surface area contributed by atoms with Crippen molar-refractivity contribution in [2.75, 3.05) is 11.1 Å². The van der Waals surface area contributed by atoms with Crippen molar-refractivity contribution in [1.82, 2.24) is 20.0 Å². The fourth-order valence-corrected chi connectivity index (χ4v) is 4.70. The Morgan fingerprint density at radius 3 is 2.68 bits per heavy atom. The summed E-state index contributed by atoms with van der Waals surface area (Å²) in [5, 5.41) is 14.9. The minimum atomic E-state index is -0.0222. The van der Waals surface area contributed by atoms with Crippen molar-refractivity contribution in [3.63, 3.8) is 0 Å². The molecule has 4 rings (SSSR count). The van der Waals surface area contributed by atoms with Crippen LogP contribution in [0.25, 0.3) is 5.69 Å². The Hall–Kier alpha value is -2.54. The van der Waals surface area contributed by atoms with Gasteiger partial charge in [-0.3, -0.25) is 9.89 Å². The van der Waals surface area contributed by atoms with E-state index in [0.717, 1.165) is 33.9 Å². The molecule has 2 aromatic heterocycles. The third-order valence-corrected chi connectivity index (χ3v) is 5.74. The maximum atomic E-state index is 12.0. The molecule has 7 heteroatoms. The molecule has 1 aromatic carbocycles. The van der Waals surface area contributed by atoms with Gasteiger partial charge in [0, 0.05) is 22.5 Å². The smallest absolute Gasteiger partial charge is 0.235 e. The summed E-state index contributed by atoms with van der Waals surface area (Å²) in [6.07, 6.45) is 0. The molecule has 0 bridgehead atoms. The number of para-hydroxylation sites is 1. The minimum Gasteiger partial charge on any atom is -0.308 e. The van der Waals surface area contributed by atoms with Gasteiger partial charge in [-0.15, -0.1) is 11.8 Å². The van der Waals surface area contributed by atoms with Gasteiger partial charge in [0.2, 0.25) is 5.91 Å². The van der Waals surface area contributed by atoms with E-state index in [1.807, 2.05) is 48.9 Å². The number of thioether (sulfide) groups is 1. The molecule has 0 aliphatic carbocycles. The highest BCUT2D eigenvalue weighted by molar-refractivity contribution is 8.00. The molecule has 0 radical (unpaired) electrons. The molecule has 0 saturated heterocycles. The van der Waals surface area contributed by atoms with Crippen LogP contribution in [0.5, 0.6) is 0 Å². The maximum absolute atomic E-state index is 12.0. The van der Waals surface area contributed by atoms with Crippen LogP contribution in [-0.2, 0) is 4.79 Å². The summed E-state index contributed by atoms with van der Waals surface area (Å²) in [6, 6.07) is 10.1. The highest BCUT2D eigenvalue weighted by Crippen LogP contribution is 2.44. The summed E-state index contributed by atoms with van der Waals surface area (Å²) < 4.78 is 1.97. The van der Waals surface area contributed by atoms with Crippen molar-refractivity contribution in [3.05, 3.63) is 58.5 Å². The second-order valence-electron chi connectivity index (χ2n) is 6.18. The Labute approximate surface area is 150 Å². The second-order valence-corrected chi connectivity index (χ2v) is 7.28. The first-order valence-corrected chi connectivity index (χ1v) is 9.19. The summed E-state index contributed by atoms with van der Waals surface area (Å²) in [6.45, 7) is 6.10. The first-order chi connectivity index (χ1) is 12.1. The standard InChI is InChI=1S/C18H19N5OS/c1-10-16-17(25-9-14(24)19-18(16)21-20-10)15-11(2)22-23(12(15)3)13-7-5-4-6-8-13/h4-8,17H,9H2,1-3H3,(H2,19,20,21,24)/t17-/m0/s1. The van der Waals surface area contributed by atoms with Crippen molar-refractivity contribution >= 4 is 23.5 Å². The zero-order chi connectivity index (χ0) is 17.6. The summed E-state index contributed by atoms with van der Waals surface area (Å²) in [7, 11) is 0. The number of aromatic nitrogens is 4. The number of aromatic amines is 1. The van der Waals surface area contributed by atoms with Crippen LogP contribution in [0, 0.1) is 20.8 Å². The number of aryl methyl sites for hydroxylation is 2. The maximum Gasteiger partial charge on any atom is 0.235 e. The first kappa shape index (κ1) is 16.0. The molecule has 3 aromatic rings. The quantitative estimate of drug-likeness (QED) is 0.741. The molecule has 25 heavy (non-hydrogen) atoms. The molecular formula is C18H19N5OS. The largest absolute Gasteiger partial charge is 0.308 e. The van der Waals surface area contributed by atoms with Gasteiger partial charge in [0.1, 0.15) is 0 Å². The van der Waals surface area contributed by atoms with Gasteiger partial charge in [-0.1, -0.05) is 18.2 Å². The van der Waals surface area contributed by atoms with E-state index in [2.05, 4.69) is 22.4 Å². The third-order valence-electron chi connectivity index (χ3n) is 4.51. The van der Waals surface area contributed by atoms with Crippen molar-refractivity contribution < 1.29 is 4.79 Å². The van der Waals surface area contributed by atoms with Gasteiger partial charge in [-0.05, 0) is 32.9 Å². The fourth-order valence-electron chi connectivity index (χ4n) is 3.35. The number of hydrogen-bond acceptors (Lipinski definition) is 4. The summed E-state index contributed by atoms with van der Waals surface area (Å²) >= 11 is 1.62. The number of benzene rings is 1. The second kappa shape index (κ2) is 6.07. The van der Waals surface area contributed by atoms with Crippen LogP contribution in [-0.4, -0.2) is 31.6 Å². The average Bonchev–Trinajstić information content (AvgIpc) is 3.04. The average molecular weight is 353 g/mol. The molecule has 1 atom stereocenters. The van der Waals surface area contributed by atoms with Crippen molar-refractivity contribution in [2.45, 2.75) is 26.0 Å². The Morgan fingerprint density at radius 2 is 1.92 bits per heavy atom. The first-order valence-electron chi connectivity index (χ1n) is 8.14. The SMILES string of the molecule is Cc1nn(-c2ccccc2)c(C)c1[C@@H]1SCC(=O)Nc2n[nH]c(C)c21. The molecule has 1 aliphatic rings. The number of nitrogens with zero attached hydrogens (tertiary/aromatic N) is 3. The molecule has 1 aliphatic heterocycles. The number of H-pyrrole nitrogens is 1. The van der Waals surface area contributed by atoms with Crippen LogP contribution in [0.3, 0.4) is 0 Å². The van der Waals surface area contributed by atoms with E-state index < -0.39 is 0 Å². The number of rotatable bonds is 2. The van der Waals surface area contributed by atoms with Crippen molar-refractivity contribution in [2.24, 2.45) is 0 Å². The van der Waals surface area contributed by atoms with Gasteiger partial charge in [-0.2, -0.15) is 10.2 Å². The lowest BCUT2D eigenvalue weighted by Crippen LogP contribution is -2.12.